The maximum absolute atomic E-state index is 13.2. The van der Waals surface area contributed by atoms with E-state index in [4.69, 9.17) is 9.47 Å². The predicted octanol–water partition coefficient (Wildman–Crippen LogP) is 4.83. The SMILES string of the molecule is C=CCOc1ccc(C(O)=C2C(=O)C(=O)N(Cc3cccnc3)[C@H]2c2ccc(OCC=C)cc2)cc1. The second kappa shape index (κ2) is 11.2. The molecule has 1 aliphatic rings. The van der Waals surface area contributed by atoms with Crippen LogP contribution in [0.5, 0.6) is 11.5 Å². The van der Waals surface area contributed by atoms with E-state index in [1.54, 1.807) is 79.1 Å². The number of hydrogen-bond donors (Lipinski definition) is 1. The number of benzene rings is 2. The van der Waals surface area contributed by atoms with Crippen LogP contribution in [0.4, 0.5) is 0 Å². The molecule has 1 atom stereocenters. The largest absolute Gasteiger partial charge is 0.507 e. The smallest absolute Gasteiger partial charge is 0.295 e. The van der Waals surface area contributed by atoms with Crippen molar-refractivity contribution in [3.63, 3.8) is 0 Å². The zero-order chi connectivity index (χ0) is 25.5. The molecule has 36 heavy (non-hydrogen) atoms. The summed E-state index contributed by atoms with van der Waals surface area (Å²) in [6, 6.07) is 16.5. The van der Waals surface area contributed by atoms with Crippen LogP contribution in [0, 0.1) is 0 Å². The van der Waals surface area contributed by atoms with E-state index in [0.717, 1.165) is 5.56 Å². The molecule has 7 nitrogen and oxygen atoms in total. The molecule has 0 spiro atoms. The van der Waals surface area contributed by atoms with Crippen molar-refractivity contribution in [3.8, 4) is 11.5 Å². The number of carbonyl (C=O) groups excluding carboxylic acids is 2. The quantitative estimate of drug-likeness (QED) is 0.193. The monoisotopic (exact) mass is 482 g/mol. The molecule has 0 radical (unpaired) electrons. The Balaban J connectivity index is 1.76. The molecule has 1 amide bonds. The first-order valence-corrected chi connectivity index (χ1v) is 11.4. The highest BCUT2D eigenvalue weighted by atomic mass is 16.5. The fourth-order valence-electron chi connectivity index (χ4n) is 4.00. The molecular formula is C29H26N2O5. The lowest BCUT2D eigenvalue weighted by Gasteiger charge is -2.25. The van der Waals surface area contributed by atoms with E-state index in [1.807, 2.05) is 6.07 Å². The Morgan fingerprint density at radius 1 is 0.944 bits per heavy atom. The van der Waals surface area contributed by atoms with Gasteiger partial charge in [-0.15, -0.1) is 0 Å². The van der Waals surface area contributed by atoms with Crippen LogP contribution < -0.4 is 9.47 Å². The molecule has 0 bridgehead atoms. The van der Waals surface area contributed by atoms with Gasteiger partial charge in [-0.1, -0.05) is 43.5 Å². The summed E-state index contributed by atoms with van der Waals surface area (Å²) < 4.78 is 11.1. The van der Waals surface area contributed by atoms with E-state index in [0.29, 0.717) is 35.8 Å². The Bertz CT molecular complexity index is 1280. The van der Waals surface area contributed by atoms with Crippen molar-refractivity contribution in [3.05, 3.63) is 121 Å². The summed E-state index contributed by atoms with van der Waals surface area (Å²) in [5.41, 5.74) is 1.84. The van der Waals surface area contributed by atoms with Gasteiger partial charge in [0.15, 0.2) is 0 Å². The van der Waals surface area contributed by atoms with Gasteiger partial charge in [0.05, 0.1) is 11.6 Å². The summed E-state index contributed by atoms with van der Waals surface area (Å²) in [4.78, 5) is 32.0. The lowest BCUT2D eigenvalue weighted by Crippen LogP contribution is -2.29. The molecule has 1 aliphatic heterocycles. The fourth-order valence-corrected chi connectivity index (χ4v) is 4.00. The normalized spacial score (nSPS) is 16.6. The van der Waals surface area contributed by atoms with Crippen molar-refractivity contribution in [1.82, 2.24) is 9.88 Å². The third-order valence-corrected chi connectivity index (χ3v) is 5.67. The Labute approximate surface area is 209 Å². The van der Waals surface area contributed by atoms with E-state index in [1.165, 1.54) is 4.90 Å². The van der Waals surface area contributed by atoms with Crippen molar-refractivity contribution in [2.75, 3.05) is 13.2 Å². The van der Waals surface area contributed by atoms with Crippen molar-refractivity contribution in [2.45, 2.75) is 12.6 Å². The average molecular weight is 483 g/mol. The summed E-state index contributed by atoms with van der Waals surface area (Å²) in [6.07, 6.45) is 6.56. The number of aromatic nitrogens is 1. The molecule has 4 rings (SSSR count). The Hall–Kier alpha value is -4.65. The summed E-state index contributed by atoms with van der Waals surface area (Å²) in [5.74, 6) is -0.480. The Kier molecular flexibility index (Phi) is 7.60. The zero-order valence-corrected chi connectivity index (χ0v) is 19.7. The minimum absolute atomic E-state index is 0.0170. The number of rotatable bonds is 10. The van der Waals surface area contributed by atoms with Crippen LogP contribution in [0.1, 0.15) is 22.7 Å². The maximum atomic E-state index is 13.2. The third kappa shape index (κ3) is 5.20. The lowest BCUT2D eigenvalue weighted by molar-refractivity contribution is -0.140. The molecule has 2 heterocycles. The molecule has 0 saturated carbocycles. The van der Waals surface area contributed by atoms with E-state index < -0.39 is 17.7 Å². The second-order valence-corrected chi connectivity index (χ2v) is 8.08. The number of likely N-dealkylation sites (tertiary alicyclic amines) is 1. The van der Waals surface area contributed by atoms with Gasteiger partial charge in [0.1, 0.15) is 30.5 Å². The minimum Gasteiger partial charge on any atom is -0.507 e. The number of carbonyl (C=O) groups is 2. The molecular weight excluding hydrogens is 456 g/mol. The van der Waals surface area contributed by atoms with Crippen LogP contribution >= 0.6 is 0 Å². The minimum atomic E-state index is -0.796. The number of ether oxygens (including phenoxy) is 2. The number of ketones is 1. The highest BCUT2D eigenvalue weighted by Crippen LogP contribution is 2.40. The Morgan fingerprint density at radius 3 is 2.11 bits per heavy atom. The van der Waals surface area contributed by atoms with E-state index in [-0.39, 0.29) is 17.9 Å². The maximum Gasteiger partial charge on any atom is 0.295 e. The van der Waals surface area contributed by atoms with Crippen LogP contribution in [-0.4, -0.2) is 39.9 Å². The number of hydrogen-bond acceptors (Lipinski definition) is 6. The predicted molar refractivity (Wildman–Crippen MR) is 136 cm³/mol. The fraction of sp³-hybridized carbons (Fsp3) is 0.138. The summed E-state index contributed by atoms with van der Waals surface area (Å²) >= 11 is 0. The van der Waals surface area contributed by atoms with Crippen molar-refractivity contribution >= 4 is 17.4 Å². The van der Waals surface area contributed by atoms with Crippen LogP contribution in [0.15, 0.2) is 104 Å². The summed E-state index contributed by atoms with van der Waals surface area (Å²) in [7, 11) is 0. The highest BCUT2D eigenvalue weighted by Gasteiger charge is 2.46. The molecule has 2 aromatic carbocycles. The molecule has 3 aromatic rings. The van der Waals surface area contributed by atoms with Gasteiger partial charge in [0.2, 0.25) is 0 Å². The van der Waals surface area contributed by atoms with Gasteiger partial charge in [0.25, 0.3) is 11.7 Å². The molecule has 1 fully saturated rings. The molecule has 7 heteroatoms. The van der Waals surface area contributed by atoms with Gasteiger partial charge >= 0.3 is 0 Å². The van der Waals surface area contributed by atoms with Crippen LogP contribution in [0.3, 0.4) is 0 Å². The first kappa shape index (κ1) is 24.5. The third-order valence-electron chi connectivity index (χ3n) is 5.67. The number of aliphatic hydroxyl groups excluding tert-OH is 1. The number of amides is 1. The molecule has 0 aliphatic carbocycles. The number of aliphatic hydroxyl groups is 1. The molecule has 0 unspecified atom stereocenters. The molecule has 1 saturated heterocycles. The standard InChI is InChI=1S/C29H26N2O5/c1-3-16-35-23-11-7-21(8-12-23)26-25(27(32)22-9-13-24(14-10-22)36-17-4-2)28(33)29(34)31(26)19-20-6-5-15-30-18-20/h3-15,18,26,32H,1-2,16-17,19H2/t26-/m0/s1. The van der Waals surface area contributed by atoms with Gasteiger partial charge in [-0.05, 0) is 53.6 Å². The number of nitrogens with zero attached hydrogens (tertiary/aromatic N) is 2. The Morgan fingerprint density at radius 2 is 1.56 bits per heavy atom. The van der Waals surface area contributed by atoms with E-state index in [9.17, 15) is 14.7 Å². The van der Waals surface area contributed by atoms with Gasteiger partial charge in [-0.3, -0.25) is 14.6 Å². The lowest BCUT2D eigenvalue weighted by atomic mass is 9.95. The van der Waals surface area contributed by atoms with Crippen molar-refractivity contribution in [1.29, 1.82) is 0 Å². The first-order valence-electron chi connectivity index (χ1n) is 11.4. The summed E-state index contributed by atoms with van der Waals surface area (Å²) in [5, 5.41) is 11.2. The van der Waals surface area contributed by atoms with Crippen molar-refractivity contribution in [2.24, 2.45) is 0 Å². The van der Waals surface area contributed by atoms with Crippen LogP contribution in [0.2, 0.25) is 0 Å². The second-order valence-electron chi connectivity index (χ2n) is 8.08. The summed E-state index contributed by atoms with van der Waals surface area (Å²) in [6.45, 7) is 8.12. The van der Waals surface area contributed by atoms with Gasteiger partial charge in [-0.25, -0.2) is 0 Å². The average Bonchev–Trinajstić information content (AvgIpc) is 3.16. The molecule has 182 valence electrons. The van der Waals surface area contributed by atoms with Gasteiger partial charge < -0.3 is 19.5 Å². The zero-order valence-electron chi connectivity index (χ0n) is 19.7. The number of pyridine rings is 1. The van der Waals surface area contributed by atoms with Crippen molar-refractivity contribution < 1.29 is 24.2 Å². The van der Waals surface area contributed by atoms with Gasteiger partial charge in [-0.2, -0.15) is 0 Å². The highest BCUT2D eigenvalue weighted by molar-refractivity contribution is 6.46. The molecule has 1 N–H and O–H groups in total. The number of Topliss-reactive ketones (excluding diaryl/α,β-unsaturated/α-hetero) is 1. The van der Waals surface area contributed by atoms with Gasteiger partial charge in [0, 0.05) is 24.5 Å². The van der Waals surface area contributed by atoms with E-state index >= 15 is 0 Å². The topological polar surface area (TPSA) is 89.0 Å². The molecule has 1 aromatic heterocycles. The van der Waals surface area contributed by atoms with Crippen LogP contribution in [-0.2, 0) is 16.1 Å². The van der Waals surface area contributed by atoms with Crippen LogP contribution in [0.25, 0.3) is 5.76 Å². The van der Waals surface area contributed by atoms with E-state index in [2.05, 4.69) is 18.1 Å². The first-order chi connectivity index (χ1) is 17.5.